The van der Waals surface area contributed by atoms with Crippen molar-refractivity contribution in [3.63, 3.8) is 0 Å². The van der Waals surface area contributed by atoms with Gasteiger partial charge in [-0.15, -0.1) is 0 Å². The molecule has 10 heteroatoms. The van der Waals surface area contributed by atoms with Crippen molar-refractivity contribution in [1.82, 2.24) is 14.5 Å². The summed E-state index contributed by atoms with van der Waals surface area (Å²) in [5, 5.41) is 9.59. The van der Waals surface area contributed by atoms with Crippen LogP contribution in [-0.4, -0.2) is 68.7 Å². The van der Waals surface area contributed by atoms with Gasteiger partial charge in [0.15, 0.2) is 0 Å². The normalized spacial score (nSPS) is 16.8. The van der Waals surface area contributed by atoms with Gasteiger partial charge in [0.25, 0.3) is 5.91 Å². The van der Waals surface area contributed by atoms with Gasteiger partial charge < -0.3 is 10.6 Å². The third-order valence-electron chi connectivity index (χ3n) is 5.46. The Bertz CT molecular complexity index is 1010. The topological polar surface area (TPSA) is 98.8 Å². The van der Waals surface area contributed by atoms with Crippen molar-refractivity contribution < 1.29 is 18.0 Å². The zero-order valence-corrected chi connectivity index (χ0v) is 19.5. The van der Waals surface area contributed by atoms with E-state index in [1.54, 1.807) is 18.2 Å². The van der Waals surface area contributed by atoms with E-state index in [-0.39, 0.29) is 28.8 Å². The zero-order valence-electron chi connectivity index (χ0n) is 17.9. The summed E-state index contributed by atoms with van der Waals surface area (Å²) in [7, 11) is -0.636. The minimum absolute atomic E-state index is 0.0574. The number of amides is 2. The molecule has 1 saturated heterocycles. The molecule has 31 heavy (non-hydrogen) atoms. The second-order valence-corrected chi connectivity index (χ2v) is 10.7. The summed E-state index contributed by atoms with van der Waals surface area (Å²) in [6.07, 6.45) is 1.54. The van der Waals surface area contributed by atoms with Crippen LogP contribution in [0.1, 0.15) is 30.1 Å². The Morgan fingerprint density at radius 3 is 2.52 bits per heavy atom. The number of thiophene rings is 1. The molecule has 0 radical (unpaired) electrons. The smallest absolute Gasteiger partial charge is 0.252 e. The van der Waals surface area contributed by atoms with Crippen molar-refractivity contribution in [1.29, 1.82) is 0 Å². The van der Waals surface area contributed by atoms with Crippen molar-refractivity contribution in [3.8, 4) is 0 Å². The molecular weight excluding hydrogens is 436 g/mol. The third-order valence-corrected chi connectivity index (χ3v) is 7.95. The van der Waals surface area contributed by atoms with Gasteiger partial charge in [0.05, 0.1) is 10.9 Å². The molecule has 1 fully saturated rings. The molecule has 2 amide bonds. The Labute approximate surface area is 187 Å². The Hall–Kier alpha value is -2.27. The fourth-order valence-electron chi connectivity index (χ4n) is 3.45. The fourth-order valence-corrected chi connectivity index (χ4v) is 5.04. The standard InChI is InChI=1S/C21H28N4O4S2/c1-15(20(26)23-18-5-4-6-19(13-18)31(28,29)24(2)3)25-10-7-17(8-11-25)22-21(27)16-9-12-30-14-16/h4-6,9,12-15,17H,7-8,10-11H2,1-3H3,(H,22,27)(H,23,26). The summed E-state index contributed by atoms with van der Waals surface area (Å²) in [6, 6.07) is 7.77. The van der Waals surface area contributed by atoms with Crippen molar-refractivity contribution in [2.24, 2.45) is 0 Å². The molecule has 1 aromatic heterocycles. The number of sulfonamides is 1. The number of rotatable bonds is 7. The number of carbonyl (C=O) groups excluding carboxylic acids is 2. The molecule has 2 heterocycles. The van der Waals surface area contributed by atoms with Gasteiger partial charge in [0, 0.05) is 49.9 Å². The van der Waals surface area contributed by atoms with Gasteiger partial charge in [-0.25, -0.2) is 12.7 Å². The molecule has 3 rings (SSSR count). The average molecular weight is 465 g/mol. The summed E-state index contributed by atoms with van der Waals surface area (Å²) >= 11 is 1.49. The van der Waals surface area contributed by atoms with E-state index >= 15 is 0 Å². The minimum atomic E-state index is -3.57. The van der Waals surface area contributed by atoms with Crippen LogP contribution in [0, 0.1) is 0 Å². The second kappa shape index (κ2) is 9.90. The van der Waals surface area contributed by atoms with Crippen molar-refractivity contribution in [3.05, 3.63) is 46.7 Å². The first-order chi connectivity index (χ1) is 14.7. The quantitative estimate of drug-likeness (QED) is 0.655. The molecule has 2 aromatic rings. The maximum atomic E-state index is 12.7. The molecule has 0 bridgehead atoms. The minimum Gasteiger partial charge on any atom is -0.349 e. The van der Waals surface area contributed by atoms with Crippen LogP contribution in [0.25, 0.3) is 0 Å². The lowest BCUT2D eigenvalue weighted by Gasteiger charge is -2.35. The van der Waals surface area contributed by atoms with Gasteiger partial charge >= 0.3 is 0 Å². The summed E-state index contributed by atoms with van der Waals surface area (Å²) in [6.45, 7) is 3.22. The van der Waals surface area contributed by atoms with Crippen LogP contribution in [0.3, 0.4) is 0 Å². The second-order valence-electron chi connectivity index (χ2n) is 7.78. The molecule has 1 aromatic carbocycles. The first kappa shape index (κ1) is 23.4. The van der Waals surface area contributed by atoms with Crippen LogP contribution in [-0.2, 0) is 14.8 Å². The van der Waals surface area contributed by atoms with Crippen molar-refractivity contribution in [2.75, 3.05) is 32.5 Å². The largest absolute Gasteiger partial charge is 0.349 e. The van der Waals surface area contributed by atoms with Crippen molar-refractivity contribution >= 4 is 38.9 Å². The van der Waals surface area contributed by atoms with E-state index in [1.807, 2.05) is 17.7 Å². The number of benzene rings is 1. The van der Waals surface area contributed by atoms with Gasteiger partial charge in [-0.1, -0.05) is 6.07 Å². The van der Waals surface area contributed by atoms with E-state index in [9.17, 15) is 18.0 Å². The Balaban J connectivity index is 1.54. The molecule has 1 atom stereocenters. The van der Waals surface area contributed by atoms with E-state index in [1.165, 1.54) is 37.6 Å². The lowest BCUT2D eigenvalue weighted by Crippen LogP contribution is -2.50. The number of hydrogen-bond acceptors (Lipinski definition) is 6. The molecule has 8 nitrogen and oxygen atoms in total. The number of carbonyl (C=O) groups is 2. The Kier molecular flexibility index (Phi) is 7.47. The van der Waals surface area contributed by atoms with E-state index < -0.39 is 10.0 Å². The highest BCUT2D eigenvalue weighted by molar-refractivity contribution is 7.89. The predicted molar refractivity (Wildman–Crippen MR) is 122 cm³/mol. The zero-order chi connectivity index (χ0) is 22.6. The summed E-state index contributed by atoms with van der Waals surface area (Å²) in [5.41, 5.74) is 1.12. The Morgan fingerprint density at radius 2 is 1.90 bits per heavy atom. The number of nitrogens with zero attached hydrogens (tertiary/aromatic N) is 2. The maximum Gasteiger partial charge on any atom is 0.252 e. The molecule has 2 N–H and O–H groups in total. The SMILES string of the molecule is CC(C(=O)Nc1cccc(S(=O)(=O)N(C)C)c1)N1CCC(NC(=O)c2ccsc2)CC1. The summed E-state index contributed by atoms with van der Waals surface area (Å²) in [5.74, 6) is -0.252. The third kappa shape index (κ3) is 5.70. The van der Waals surface area contributed by atoms with E-state index in [0.29, 0.717) is 24.3 Å². The first-order valence-corrected chi connectivity index (χ1v) is 12.5. The number of anilines is 1. The van der Waals surface area contributed by atoms with Crippen molar-refractivity contribution in [2.45, 2.75) is 36.7 Å². The number of likely N-dealkylation sites (tertiary alicyclic amines) is 1. The van der Waals surface area contributed by atoms with Crippen LogP contribution in [0.4, 0.5) is 5.69 Å². The summed E-state index contributed by atoms with van der Waals surface area (Å²) in [4.78, 5) is 27.2. The highest BCUT2D eigenvalue weighted by Gasteiger charge is 2.28. The van der Waals surface area contributed by atoms with Crippen LogP contribution in [0.2, 0.25) is 0 Å². The van der Waals surface area contributed by atoms with E-state index in [2.05, 4.69) is 15.5 Å². The predicted octanol–water partition coefficient (Wildman–Crippen LogP) is 2.22. The van der Waals surface area contributed by atoms with Crippen LogP contribution < -0.4 is 10.6 Å². The molecule has 0 saturated carbocycles. The van der Waals surface area contributed by atoms with E-state index in [4.69, 9.17) is 0 Å². The fraction of sp³-hybridized carbons (Fsp3) is 0.429. The molecule has 0 aliphatic carbocycles. The van der Waals surface area contributed by atoms with Gasteiger partial charge in [-0.2, -0.15) is 11.3 Å². The molecule has 1 aliphatic rings. The molecule has 168 valence electrons. The lowest BCUT2D eigenvalue weighted by atomic mass is 10.0. The van der Waals surface area contributed by atoms with Crippen LogP contribution >= 0.6 is 11.3 Å². The Morgan fingerprint density at radius 1 is 1.19 bits per heavy atom. The van der Waals surface area contributed by atoms with Gasteiger partial charge in [0.1, 0.15) is 0 Å². The van der Waals surface area contributed by atoms with Gasteiger partial charge in [-0.3, -0.25) is 14.5 Å². The highest BCUT2D eigenvalue weighted by Crippen LogP contribution is 2.20. The van der Waals surface area contributed by atoms with Gasteiger partial charge in [0.2, 0.25) is 15.9 Å². The lowest BCUT2D eigenvalue weighted by molar-refractivity contribution is -0.121. The maximum absolute atomic E-state index is 12.7. The molecule has 0 spiro atoms. The average Bonchev–Trinajstić information content (AvgIpc) is 3.29. The molecule has 1 unspecified atom stereocenters. The summed E-state index contributed by atoms with van der Waals surface area (Å²) < 4.78 is 25.8. The van der Waals surface area contributed by atoms with Crippen LogP contribution in [0.5, 0.6) is 0 Å². The number of nitrogens with one attached hydrogen (secondary N) is 2. The number of piperidine rings is 1. The number of hydrogen-bond donors (Lipinski definition) is 2. The monoisotopic (exact) mass is 464 g/mol. The highest BCUT2D eigenvalue weighted by atomic mass is 32.2. The molecular formula is C21H28N4O4S2. The molecule has 1 aliphatic heterocycles. The van der Waals surface area contributed by atoms with Crippen LogP contribution in [0.15, 0.2) is 46.0 Å². The first-order valence-electron chi connectivity index (χ1n) is 10.1. The van der Waals surface area contributed by atoms with Gasteiger partial charge in [-0.05, 0) is 49.4 Å². The van der Waals surface area contributed by atoms with E-state index in [0.717, 1.165) is 17.1 Å².